The molecular formula is C7H6N4O2. The van der Waals surface area contributed by atoms with Crippen LogP contribution in [0.15, 0.2) is 23.0 Å². The maximum absolute atomic E-state index is 10.9. The van der Waals surface area contributed by atoms with Crippen molar-refractivity contribution in [2.24, 2.45) is 0 Å². The van der Waals surface area contributed by atoms with E-state index in [1.54, 1.807) is 0 Å². The smallest absolute Gasteiger partial charge is 0.242 e. The van der Waals surface area contributed by atoms with Crippen molar-refractivity contribution in [2.75, 3.05) is 5.73 Å². The Labute approximate surface area is 72.6 Å². The van der Waals surface area contributed by atoms with Crippen molar-refractivity contribution in [2.45, 2.75) is 0 Å². The van der Waals surface area contributed by atoms with Gasteiger partial charge in [-0.15, -0.1) is 0 Å². The minimum absolute atomic E-state index is 0.0475. The van der Waals surface area contributed by atoms with Crippen LogP contribution in [-0.2, 0) is 0 Å². The van der Waals surface area contributed by atoms with Gasteiger partial charge in [-0.3, -0.25) is 4.79 Å². The van der Waals surface area contributed by atoms with Gasteiger partial charge in [0.05, 0.1) is 5.69 Å². The third-order valence-corrected chi connectivity index (χ3v) is 1.59. The molecule has 13 heavy (non-hydrogen) atoms. The summed E-state index contributed by atoms with van der Waals surface area (Å²) in [6, 6.07) is 4.05. The van der Waals surface area contributed by atoms with Gasteiger partial charge in [-0.05, 0) is 12.1 Å². The maximum atomic E-state index is 10.9. The lowest BCUT2D eigenvalue weighted by atomic mass is 10.2. The summed E-state index contributed by atoms with van der Waals surface area (Å²) in [5.41, 5.74) is 5.73. The standard InChI is InChI=1S/C7H6N4O2/c8-7-9-5-2-1-4(12)3-6(5)11(13)10-7/h1-3,13H,(H2,8,10). The molecule has 0 radical (unpaired) electrons. The molecule has 0 fully saturated rings. The van der Waals surface area contributed by atoms with Gasteiger partial charge in [-0.2, -0.15) is 0 Å². The molecule has 0 saturated carbocycles. The van der Waals surface area contributed by atoms with Crippen LogP contribution in [0.5, 0.6) is 0 Å². The van der Waals surface area contributed by atoms with Gasteiger partial charge in [0.2, 0.25) is 5.95 Å². The Hall–Kier alpha value is -2.11. The molecule has 66 valence electrons. The topological polar surface area (TPSA) is 94.0 Å². The third-order valence-electron chi connectivity index (χ3n) is 1.59. The second-order valence-corrected chi connectivity index (χ2v) is 2.51. The largest absolute Gasteiger partial charge is 0.411 e. The van der Waals surface area contributed by atoms with E-state index < -0.39 is 0 Å². The van der Waals surface area contributed by atoms with Crippen molar-refractivity contribution in [3.05, 3.63) is 28.4 Å². The molecule has 0 aromatic heterocycles. The van der Waals surface area contributed by atoms with Gasteiger partial charge in [-0.1, -0.05) is 9.94 Å². The number of hydrogen-bond donors (Lipinski definition) is 2. The normalized spacial score (nSPS) is 10.5. The van der Waals surface area contributed by atoms with Crippen LogP contribution in [0.1, 0.15) is 0 Å². The second kappa shape index (κ2) is 2.44. The molecule has 0 saturated heterocycles. The van der Waals surface area contributed by atoms with Gasteiger partial charge < -0.3 is 10.9 Å². The van der Waals surface area contributed by atoms with Crippen molar-refractivity contribution in [3.63, 3.8) is 0 Å². The maximum Gasteiger partial charge on any atom is 0.242 e. The summed E-state index contributed by atoms with van der Waals surface area (Å²) >= 11 is 0. The second-order valence-electron chi connectivity index (χ2n) is 2.51. The SMILES string of the molecule is Nc1nc2ccc(=O)cc-2n(O)n1. The van der Waals surface area contributed by atoms with E-state index in [0.29, 0.717) is 10.5 Å². The van der Waals surface area contributed by atoms with Crippen LogP contribution in [0.25, 0.3) is 11.4 Å². The number of fused-ring (bicyclic) bond motifs is 1. The number of hydrogen-bond acceptors (Lipinski definition) is 5. The molecule has 6 heteroatoms. The van der Waals surface area contributed by atoms with Crippen molar-refractivity contribution in [1.82, 2.24) is 14.9 Å². The summed E-state index contributed by atoms with van der Waals surface area (Å²) in [5.74, 6) is -0.0475. The van der Waals surface area contributed by atoms with Gasteiger partial charge in [-0.25, -0.2) is 4.98 Å². The predicted molar refractivity (Wildman–Crippen MR) is 44.5 cm³/mol. The Bertz CT molecular complexity index is 479. The van der Waals surface area contributed by atoms with E-state index in [9.17, 15) is 10.0 Å². The van der Waals surface area contributed by atoms with Crippen LogP contribution in [-0.4, -0.2) is 20.1 Å². The van der Waals surface area contributed by atoms with Crippen LogP contribution in [0.4, 0.5) is 5.95 Å². The zero-order valence-electron chi connectivity index (χ0n) is 6.51. The van der Waals surface area contributed by atoms with Crippen LogP contribution in [0.2, 0.25) is 0 Å². The van der Waals surface area contributed by atoms with E-state index in [1.807, 2.05) is 0 Å². The first-order valence-electron chi connectivity index (χ1n) is 3.53. The monoisotopic (exact) mass is 178 g/mol. The Balaban J connectivity index is 2.87. The van der Waals surface area contributed by atoms with E-state index >= 15 is 0 Å². The molecular weight excluding hydrogens is 172 g/mol. The molecule has 0 amide bonds. The van der Waals surface area contributed by atoms with Crippen LogP contribution >= 0.6 is 0 Å². The molecule has 0 unspecified atom stereocenters. The Morgan fingerprint density at radius 3 is 3.00 bits per heavy atom. The highest BCUT2D eigenvalue weighted by Crippen LogP contribution is 2.14. The lowest BCUT2D eigenvalue weighted by Crippen LogP contribution is -2.13. The minimum atomic E-state index is -0.219. The Morgan fingerprint density at radius 2 is 2.23 bits per heavy atom. The molecule has 1 aliphatic carbocycles. The summed E-state index contributed by atoms with van der Waals surface area (Å²) in [6.07, 6.45) is 0. The fourth-order valence-electron chi connectivity index (χ4n) is 1.05. The van der Waals surface area contributed by atoms with E-state index in [0.717, 1.165) is 0 Å². The number of nitrogens with zero attached hydrogens (tertiary/aromatic N) is 3. The highest BCUT2D eigenvalue weighted by molar-refractivity contribution is 5.56. The van der Waals surface area contributed by atoms with Gasteiger partial charge in [0.15, 0.2) is 5.43 Å². The van der Waals surface area contributed by atoms with E-state index in [4.69, 9.17) is 5.73 Å². The molecule has 0 aromatic carbocycles. The molecule has 2 aliphatic rings. The average Bonchev–Trinajstić information content (AvgIpc) is 2.06. The van der Waals surface area contributed by atoms with Gasteiger partial charge in [0.1, 0.15) is 5.69 Å². The molecule has 0 atom stereocenters. The molecule has 6 nitrogen and oxygen atoms in total. The summed E-state index contributed by atoms with van der Waals surface area (Å²) in [7, 11) is 0. The number of rotatable bonds is 0. The summed E-state index contributed by atoms with van der Waals surface area (Å²) < 4.78 is 0. The first kappa shape index (κ1) is 7.53. The van der Waals surface area contributed by atoms with Crippen molar-refractivity contribution < 1.29 is 5.21 Å². The van der Waals surface area contributed by atoms with Crippen molar-refractivity contribution in [3.8, 4) is 11.4 Å². The number of anilines is 1. The van der Waals surface area contributed by atoms with Gasteiger partial charge in [0, 0.05) is 6.07 Å². The molecule has 3 N–H and O–H groups in total. The fraction of sp³-hybridized carbons (Fsp3) is 0. The molecule has 0 bridgehead atoms. The number of aromatic nitrogens is 3. The fourth-order valence-corrected chi connectivity index (χ4v) is 1.05. The van der Waals surface area contributed by atoms with Crippen molar-refractivity contribution in [1.29, 1.82) is 0 Å². The molecule has 0 spiro atoms. The van der Waals surface area contributed by atoms with Gasteiger partial charge >= 0.3 is 0 Å². The van der Waals surface area contributed by atoms with Crippen LogP contribution in [0, 0.1) is 0 Å². The van der Waals surface area contributed by atoms with Crippen LogP contribution in [0.3, 0.4) is 0 Å². The first-order valence-corrected chi connectivity index (χ1v) is 3.53. The predicted octanol–water partition coefficient (Wildman–Crippen LogP) is -0.437. The highest BCUT2D eigenvalue weighted by atomic mass is 16.5. The van der Waals surface area contributed by atoms with Crippen molar-refractivity contribution >= 4 is 5.95 Å². The zero-order valence-corrected chi connectivity index (χ0v) is 6.51. The number of benzene rings is 1. The lowest BCUT2D eigenvalue weighted by Gasteiger charge is -2.06. The molecule has 2 rings (SSSR count). The summed E-state index contributed by atoms with van der Waals surface area (Å²) in [4.78, 5) is 15.3. The molecule has 1 aliphatic heterocycles. The van der Waals surface area contributed by atoms with Crippen LogP contribution < -0.4 is 11.2 Å². The average molecular weight is 178 g/mol. The summed E-state index contributed by atoms with van der Waals surface area (Å²) in [6.45, 7) is 0. The molecule has 0 aromatic rings. The molecule has 1 heterocycles. The van der Waals surface area contributed by atoms with E-state index in [2.05, 4.69) is 10.1 Å². The zero-order chi connectivity index (χ0) is 9.42. The third kappa shape index (κ3) is 1.18. The van der Waals surface area contributed by atoms with E-state index in [1.165, 1.54) is 18.2 Å². The Kier molecular flexibility index (Phi) is 1.42. The quantitative estimate of drug-likeness (QED) is 0.533. The first-order chi connectivity index (χ1) is 6.16. The Morgan fingerprint density at radius 1 is 1.46 bits per heavy atom. The van der Waals surface area contributed by atoms with E-state index in [-0.39, 0.29) is 17.1 Å². The number of nitrogens with two attached hydrogens (primary N) is 1. The minimum Gasteiger partial charge on any atom is -0.411 e. The van der Waals surface area contributed by atoms with Gasteiger partial charge in [0.25, 0.3) is 0 Å². The summed E-state index contributed by atoms with van der Waals surface area (Å²) in [5, 5.41) is 12.7. The lowest BCUT2D eigenvalue weighted by molar-refractivity contribution is 0.148. The highest BCUT2D eigenvalue weighted by Gasteiger charge is 2.09. The number of nitrogen functional groups attached to an aromatic ring is 1.